The van der Waals surface area contributed by atoms with Crippen LogP contribution < -0.4 is 16.4 Å². The number of primary amides is 1. The second-order valence-electron chi connectivity index (χ2n) is 6.30. The van der Waals surface area contributed by atoms with Crippen LogP contribution in [0.4, 0.5) is 5.00 Å². The van der Waals surface area contributed by atoms with E-state index in [9.17, 15) is 9.59 Å². The van der Waals surface area contributed by atoms with Gasteiger partial charge in [-0.05, 0) is 71.1 Å². The van der Waals surface area contributed by atoms with E-state index in [0.717, 1.165) is 19.6 Å². The highest BCUT2D eigenvalue weighted by atomic mass is 127. The summed E-state index contributed by atoms with van der Waals surface area (Å²) < 4.78 is 0.949. The predicted molar refractivity (Wildman–Crippen MR) is 130 cm³/mol. The number of hydrogen-bond donors (Lipinski definition) is 3. The lowest BCUT2D eigenvalue weighted by Crippen LogP contribution is -2.34. The first-order chi connectivity index (χ1) is 13.8. The Balaban J connectivity index is 1.78. The zero-order valence-corrected chi connectivity index (χ0v) is 19.3. The summed E-state index contributed by atoms with van der Waals surface area (Å²) in [6, 6.07) is 17.1. The predicted octanol–water partition coefficient (Wildman–Crippen LogP) is 4.48. The summed E-state index contributed by atoms with van der Waals surface area (Å²) in [6.45, 7) is 1.87. The number of amides is 2. The van der Waals surface area contributed by atoms with Gasteiger partial charge in [-0.1, -0.05) is 36.4 Å². The third-order valence-corrected chi connectivity index (χ3v) is 6.32. The molecule has 0 radical (unpaired) electrons. The van der Waals surface area contributed by atoms with Crippen LogP contribution in [-0.2, 0) is 6.42 Å². The van der Waals surface area contributed by atoms with E-state index in [2.05, 4.69) is 33.2 Å². The third-order valence-electron chi connectivity index (χ3n) is 4.24. The van der Waals surface area contributed by atoms with Gasteiger partial charge in [0.05, 0.1) is 5.56 Å². The lowest BCUT2D eigenvalue weighted by Gasteiger charge is -2.09. The van der Waals surface area contributed by atoms with Crippen molar-refractivity contribution in [3.05, 3.63) is 85.3 Å². The summed E-state index contributed by atoms with van der Waals surface area (Å²) in [5.41, 5.74) is 8.45. The van der Waals surface area contributed by atoms with Crippen molar-refractivity contribution >= 4 is 68.1 Å². The molecule has 5 nitrogen and oxygen atoms in total. The van der Waals surface area contributed by atoms with Crippen molar-refractivity contribution in [1.82, 2.24) is 5.32 Å². The summed E-state index contributed by atoms with van der Waals surface area (Å²) in [4.78, 5) is 25.4. The fourth-order valence-electron chi connectivity index (χ4n) is 2.83. The van der Waals surface area contributed by atoms with Crippen molar-refractivity contribution in [2.24, 2.45) is 5.73 Å². The van der Waals surface area contributed by atoms with Gasteiger partial charge in [0.1, 0.15) is 5.00 Å². The van der Waals surface area contributed by atoms with E-state index in [4.69, 9.17) is 18.0 Å². The number of thiophene rings is 1. The van der Waals surface area contributed by atoms with Gasteiger partial charge in [0.25, 0.3) is 11.8 Å². The fraction of sp³-hybridized carbons (Fsp3) is 0.0952. The van der Waals surface area contributed by atoms with Crippen molar-refractivity contribution in [3.63, 3.8) is 0 Å². The van der Waals surface area contributed by atoms with Crippen molar-refractivity contribution < 1.29 is 9.59 Å². The van der Waals surface area contributed by atoms with E-state index in [1.54, 1.807) is 18.2 Å². The Kier molecular flexibility index (Phi) is 6.99. The maximum absolute atomic E-state index is 12.4. The molecule has 0 aliphatic carbocycles. The Morgan fingerprint density at radius 1 is 1.14 bits per heavy atom. The molecule has 0 aliphatic heterocycles. The van der Waals surface area contributed by atoms with Crippen molar-refractivity contribution in [2.75, 3.05) is 5.32 Å². The molecule has 1 heterocycles. The average molecular weight is 535 g/mol. The largest absolute Gasteiger partial charge is 0.365 e. The van der Waals surface area contributed by atoms with Gasteiger partial charge in [-0.25, -0.2) is 0 Å². The SMILES string of the molecule is Cc1c(Cc2ccccc2)sc(NC(=S)NC(=O)c2cccc(I)c2)c1C(N)=O. The Hall–Kier alpha value is -2.30. The number of hydrogen-bond acceptors (Lipinski definition) is 4. The van der Waals surface area contributed by atoms with Crippen LogP contribution in [-0.4, -0.2) is 16.9 Å². The first-order valence-electron chi connectivity index (χ1n) is 8.69. The Labute approximate surface area is 191 Å². The molecule has 0 fully saturated rings. The molecule has 0 aliphatic rings. The molecule has 0 unspecified atom stereocenters. The van der Waals surface area contributed by atoms with E-state index in [1.165, 1.54) is 11.3 Å². The Morgan fingerprint density at radius 3 is 2.52 bits per heavy atom. The number of nitrogens with two attached hydrogens (primary N) is 1. The zero-order chi connectivity index (χ0) is 21.0. The normalized spacial score (nSPS) is 10.4. The molecule has 8 heteroatoms. The van der Waals surface area contributed by atoms with Gasteiger partial charge in [-0.2, -0.15) is 0 Å². The number of nitrogens with one attached hydrogen (secondary N) is 2. The summed E-state index contributed by atoms with van der Waals surface area (Å²) in [7, 11) is 0. The first-order valence-corrected chi connectivity index (χ1v) is 11.0. The number of halogens is 1. The second-order valence-corrected chi connectivity index (χ2v) is 9.06. The number of anilines is 1. The van der Waals surface area contributed by atoms with Gasteiger partial charge in [0, 0.05) is 20.4 Å². The quantitative estimate of drug-likeness (QED) is 0.333. The molecule has 0 saturated heterocycles. The molecule has 0 bridgehead atoms. The molecule has 2 aromatic carbocycles. The molecule has 0 atom stereocenters. The Morgan fingerprint density at radius 2 is 1.86 bits per heavy atom. The van der Waals surface area contributed by atoms with Crippen LogP contribution >= 0.6 is 46.1 Å². The lowest BCUT2D eigenvalue weighted by molar-refractivity contribution is 0.0975. The molecule has 4 N–H and O–H groups in total. The molecule has 2 amide bonds. The minimum absolute atomic E-state index is 0.115. The van der Waals surface area contributed by atoms with Crippen LogP contribution in [0, 0.1) is 10.5 Å². The summed E-state index contributed by atoms with van der Waals surface area (Å²) in [5, 5.41) is 6.27. The molecule has 3 rings (SSSR count). The number of benzene rings is 2. The van der Waals surface area contributed by atoms with Crippen LogP contribution in [0.5, 0.6) is 0 Å². The molecule has 0 saturated carbocycles. The van der Waals surface area contributed by atoms with E-state index in [-0.39, 0.29) is 11.0 Å². The topological polar surface area (TPSA) is 84.2 Å². The fourth-order valence-corrected chi connectivity index (χ4v) is 4.89. The maximum Gasteiger partial charge on any atom is 0.257 e. The van der Waals surface area contributed by atoms with Crippen LogP contribution in [0.3, 0.4) is 0 Å². The van der Waals surface area contributed by atoms with Gasteiger partial charge in [-0.15, -0.1) is 11.3 Å². The highest BCUT2D eigenvalue weighted by Crippen LogP contribution is 2.34. The second kappa shape index (κ2) is 9.47. The minimum Gasteiger partial charge on any atom is -0.365 e. The molecular weight excluding hydrogens is 517 g/mol. The average Bonchev–Trinajstić information content (AvgIpc) is 2.97. The standard InChI is InChI=1S/C21H18IN3O2S2/c1-12-16(10-13-6-3-2-4-7-13)29-20(17(12)18(23)26)25-21(28)24-19(27)14-8-5-9-15(22)11-14/h2-9,11H,10H2,1H3,(H2,23,26)(H2,24,25,27,28). The van der Waals surface area contributed by atoms with Crippen LogP contribution in [0.1, 0.15) is 36.7 Å². The maximum atomic E-state index is 12.4. The number of rotatable bonds is 5. The first kappa shape index (κ1) is 21.4. The molecule has 29 heavy (non-hydrogen) atoms. The van der Waals surface area contributed by atoms with Gasteiger partial charge in [0.2, 0.25) is 0 Å². The third kappa shape index (κ3) is 5.40. The number of thiocarbonyl (C=S) groups is 1. The molecule has 148 valence electrons. The van der Waals surface area contributed by atoms with E-state index < -0.39 is 5.91 Å². The van der Waals surface area contributed by atoms with Crippen LogP contribution in [0.25, 0.3) is 0 Å². The van der Waals surface area contributed by atoms with Crippen molar-refractivity contribution in [1.29, 1.82) is 0 Å². The monoisotopic (exact) mass is 535 g/mol. The van der Waals surface area contributed by atoms with Crippen molar-refractivity contribution in [3.8, 4) is 0 Å². The molecule has 1 aromatic heterocycles. The molecular formula is C21H18IN3O2S2. The van der Waals surface area contributed by atoms with Crippen molar-refractivity contribution in [2.45, 2.75) is 13.3 Å². The van der Waals surface area contributed by atoms with Crippen LogP contribution in [0.15, 0.2) is 54.6 Å². The number of carbonyl (C=O) groups is 2. The van der Waals surface area contributed by atoms with Gasteiger partial charge < -0.3 is 11.1 Å². The molecule has 3 aromatic rings. The zero-order valence-electron chi connectivity index (χ0n) is 15.5. The van der Waals surface area contributed by atoms with Crippen LogP contribution in [0.2, 0.25) is 0 Å². The minimum atomic E-state index is -0.535. The summed E-state index contributed by atoms with van der Waals surface area (Å²) in [5.74, 6) is -0.855. The van der Waals surface area contributed by atoms with Gasteiger partial charge in [0.15, 0.2) is 5.11 Å². The highest BCUT2D eigenvalue weighted by molar-refractivity contribution is 14.1. The van der Waals surface area contributed by atoms with Gasteiger partial charge in [-0.3, -0.25) is 14.9 Å². The van der Waals surface area contributed by atoms with E-state index >= 15 is 0 Å². The van der Waals surface area contributed by atoms with Gasteiger partial charge >= 0.3 is 0 Å². The summed E-state index contributed by atoms with van der Waals surface area (Å²) >= 11 is 8.83. The smallest absolute Gasteiger partial charge is 0.257 e. The summed E-state index contributed by atoms with van der Waals surface area (Å²) in [6.07, 6.45) is 0.681. The Bertz CT molecular complexity index is 1080. The van der Waals surface area contributed by atoms with E-state index in [1.807, 2.05) is 43.3 Å². The number of carbonyl (C=O) groups excluding carboxylic acids is 2. The molecule has 0 spiro atoms. The van der Waals surface area contributed by atoms with E-state index in [0.29, 0.717) is 22.5 Å². The lowest BCUT2D eigenvalue weighted by atomic mass is 10.1. The highest BCUT2D eigenvalue weighted by Gasteiger charge is 2.20.